The summed E-state index contributed by atoms with van der Waals surface area (Å²) in [6.07, 6.45) is 2.58. The summed E-state index contributed by atoms with van der Waals surface area (Å²) >= 11 is 2.01. The smallest absolute Gasteiger partial charge is 0.251 e. The van der Waals surface area contributed by atoms with E-state index >= 15 is 0 Å². The number of thioether (sulfide) groups is 1. The second-order valence-corrected chi connectivity index (χ2v) is 5.81. The van der Waals surface area contributed by atoms with Crippen LogP contribution in [0.25, 0.3) is 0 Å². The maximum Gasteiger partial charge on any atom is 0.251 e. The Morgan fingerprint density at radius 3 is 3.00 bits per heavy atom. The van der Waals surface area contributed by atoms with Crippen molar-refractivity contribution in [2.75, 3.05) is 30.4 Å². The summed E-state index contributed by atoms with van der Waals surface area (Å²) in [6.45, 7) is 0.939. The van der Waals surface area contributed by atoms with Gasteiger partial charge >= 0.3 is 0 Å². The lowest BCUT2D eigenvalue weighted by atomic mass is 10.1. The molecule has 98 valence electrons. The van der Waals surface area contributed by atoms with Crippen molar-refractivity contribution in [1.29, 1.82) is 0 Å². The molecule has 0 radical (unpaired) electrons. The average molecular weight is 265 g/mol. The normalized spacial score (nSPS) is 18.6. The number of benzene rings is 1. The number of nitrogens with two attached hydrogens (primary N) is 1. The number of amides is 1. The first-order chi connectivity index (χ1) is 8.70. The van der Waals surface area contributed by atoms with Crippen LogP contribution >= 0.6 is 11.8 Å². The van der Waals surface area contributed by atoms with Crippen molar-refractivity contribution < 1.29 is 4.79 Å². The number of anilines is 2. The van der Waals surface area contributed by atoms with Crippen molar-refractivity contribution in [2.45, 2.75) is 18.1 Å². The Hall–Kier alpha value is -1.36. The molecule has 1 amide bonds. The molecular weight excluding hydrogens is 246 g/mol. The molecule has 1 unspecified atom stereocenters. The summed E-state index contributed by atoms with van der Waals surface area (Å²) in [7, 11) is 1.61. The fraction of sp³-hybridized carbons (Fsp3) is 0.462. The Bertz CT molecular complexity index is 430. The van der Waals surface area contributed by atoms with E-state index in [-0.39, 0.29) is 5.91 Å². The van der Waals surface area contributed by atoms with E-state index in [1.807, 2.05) is 17.8 Å². The Kier molecular flexibility index (Phi) is 4.36. The molecule has 1 fully saturated rings. The number of carbonyl (C=O) groups is 1. The minimum absolute atomic E-state index is 0.111. The van der Waals surface area contributed by atoms with Gasteiger partial charge < -0.3 is 16.4 Å². The van der Waals surface area contributed by atoms with Gasteiger partial charge in [0.25, 0.3) is 5.91 Å². The van der Waals surface area contributed by atoms with Crippen LogP contribution in [0.2, 0.25) is 0 Å². The molecule has 0 saturated carbocycles. The predicted molar refractivity (Wildman–Crippen MR) is 78.2 cm³/mol. The zero-order valence-electron chi connectivity index (χ0n) is 10.5. The zero-order valence-corrected chi connectivity index (χ0v) is 11.3. The summed E-state index contributed by atoms with van der Waals surface area (Å²) < 4.78 is 0. The van der Waals surface area contributed by atoms with Gasteiger partial charge in [-0.05, 0) is 36.8 Å². The van der Waals surface area contributed by atoms with E-state index in [2.05, 4.69) is 10.6 Å². The van der Waals surface area contributed by atoms with Crippen LogP contribution in [0.5, 0.6) is 0 Å². The topological polar surface area (TPSA) is 67.2 Å². The minimum Gasteiger partial charge on any atom is -0.397 e. The third-order valence-electron chi connectivity index (χ3n) is 3.08. The van der Waals surface area contributed by atoms with Crippen LogP contribution in [0.3, 0.4) is 0 Å². The molecule has 18 heavy (non-hydrogen) atoms. The second kappa shape index (κ2) is 6.00. The van der Waals surface area contributed by atoms with Crippen LogP contribution in [0.4, 0.5) is 11.4 Å². The fourth-order valence-electron chi connectivity index (χ4n) is 2.04. The van der Waals surface area contributed by atoms with Crippen LogP contribution in [0.15, 0.2) is 18.2 Å². The van der Waals surface area contributed by atoms with E-state index < -0.39 is 0 Å². The Labute approximate surface area is 112 Å². The zero-order chi connectivity index (χ0) is 13.0. The molecule has 4 nitrogen and oxygen atoms in total. The van der Waals surface area contributed by atoms with Crippen LogP contribution in [-0.4, -0.2) is 30.5 Å². The molecule has 1 saturated heterocycles. The van der Waals surface area contributed by atoms with Crippen molar-refractivity contribution in [3.63, 3.8) is 0 Å². The molecule has 1 aromatic rings. The summed E-state index contributed by atoms with van der Waals surface area (Å²) in [6, 6.07) is 5.38. The van der Waals surface area contributed by atoms with Gasteiger partial charge in [-0.25, -0.2) is 0 Å². The highest BCUT2D eigenvalue weighted by atomic mass is 32.2. The van der Waals surface area contributed by atoms with Gasteiger partial charge in [-0.2, -0.15) is 11.8 Å². The van der Waals surface area contributed by atoms with Gasteiger partial charge in [-0.3, -0.25) is 4.79 Å². The largest absolute Gasteiger partial charge is 0.397 e. The first-order valence-electron chi connectivity index (χ1n) is 6.18. The molecule has 1 atom stereocenters. The molecule has 2 rings (SSSR count). The Balaban J connectivity index is 1.98. The van der Waals surface area contributed by atoms with Gasteiger partial charge in [0.1, 0.15) is 0 Å². The number of hydrogen-bond donors (Lipinski definition) is 3. The molecular formula is C13H19N3OS. The molecule has 4 N–H and O–H groups in total. The highest BCUT2D eigenvalue weighted by molar-refractivity contribution is 8.00. The first kappa shape index (κ1) is 13.1. The molecule has 0 spiro atoms. The number of nitrogens with one attached hydrogen (secondary N) is 2. The molecule has 1 aliphatic rings. The fourth-order valence-corrected chi connectivity index (χ4v) is 3.24. The number of nitrogen functional groups attached to an aromatic ring is 1. The summed E-state index contributed by atoms with van der Waals surface area (Å²) in [5, 5.41) is 6.63. The molecule has 0 bridgehead atoms. The summed E-state index contributed by atoms with van der Waals surface area (Å²) in [5.41, 5.74) is 8.08. The van der Waals surface area contributed by atoms with Crippen molar-refractivity contribution in [1.82, 2.24) is 5.32 Å². The van der Waals surface area contributed by atoms with Crippen LogP contribution in [0, 0.1) is 0 Å². The SMILES string of the molecule is CNC(=O)c1ccc(NCC2CCCS2)c(N)c1. The maximum atomic E-state index is 11.5. The second-order valence-electron chi connectivity index (χ2n) is 4.40. The molecule has 0 aromatic heterocycles. The first-order valence-corrected chi connectivity index (χ1v) is 7.22. The van der Waals surface area contributed by atoms with E-state index in [0.29, 0.717) is 16.5 Å². The van der Waals surface area contributed by atoms with Crippen LogP contribution in [0.1, 0.15) is 23.2 Å². The van der Waals surface area contributed by atoms with Gasteiger partial charge in [-0.1, -0.05) is 0 Å². The van der Waals surface area contributed by atoms with E-state index in [1.54, 1.807) is 19.2 Å². The summed E-state index contributed by atoms with van der Waals surface area (Å²) in [5.74, 6) is 1.15. The molecule has 0 aliphatic carbocycles. The van der Waals surface area contributed by atoms with E-state index in [9.17, 15) is 4.79 Å². The molecule has 1 aromatic carbocycles. The van der Waals surface area contributed by atoms with Crippen LogP contribution < -0.4 is 16.4 Å². The Morgan fingerprint density at radius 2 is 2.39 bits per heavy atom. The number of rotatable bonds is 4. The maximum absolute atomic E-state index is 11.5. The molecule has 1 heterocycles. The molecule has 5 heteroatoms. The van der Waals surface area contributed by atoms with Gasteiger partial charge in [0.15, 0.2) is 0 Å². The highest BCUT2D eigenvalue weighted by Crippen LogP contribution is 2.27. The average Bonchev–Trinajstić information content (AvgIpc) is 2.89. The van der Waals surface area contributed by atoms with Gasteiger partial charge in [0.2, 0.25) is 0 Å². The lowest BCUT2D eigenvalue weighted by Gasteiger charge is -2.13. The van der Waals surface area contributed by atoms with Crippen molar-refractivity contribution in [2.24, 2.45) is 0 Å². The lowest BCUT2D eigenvalue weighted by molar-refractivity contribution is 0.0963. The van der Waals surface area contributed by atoms with Crippen molar-refractivity contribution in [3.05, 3.63) is 23.8 Å². The van der Waals surface area contributed by atoms with Gasteiger partial charge in [-0.15, -0.1) is 0 Å². The molecule has 1 aliphatic heterocycles. The van der Waals surface area contributed by atoms with E-state index in [1.165, 1.54) is 18.6 Å². The lowest BCUT2D eigenvalue weighted by Crippen LogP contribution is -2.18. The van der Waals surface area contributed by atoms with E-state index in [0.717, 1.165) is 12.2 Å². The third-order valence-corrected chi connectivity index (χ3v) is 4.48. The van der Waals surface area contributed by atoms with Crippen molar-refractivity contribution >= 4 is 29.0 Å². The Morgan fingerprint density at radius 1 is 1.56 bits per heavy atom. The number of hydrogen-bond acceptors (Lipinski definition) is 4. The van der Waals surface area contributed by atoms with Crippen LogP contribution in [-0.2, 0) is 0 Å². The monoisotopic (exact) mass is 265 g/mol. The van der Waals surface area contributed by atoms with Gasteiger partial charge in [0.05, 0.1) is 11.4 Å². The van der Waals surface area contributed by atoms with Gasteiger partial charge in [0, 0.05) is 24.4 Å². The summed E-state index contributed by atoms with van der Waals surface area (Å²) in [4.78, 5) is 11.5. The number of carbonyl (C=O) groups excluding carboxylic acids is 1. The van der Waals surface area contributed by atoms with Crippen molar-refractivity contribution in [3.8, 4) is 0 Å². The van der Waals surface area contributed by atoms with E-state index in [4.69, 9.17) is 5.73 Å². The minimum atomic E-state index is -0.111. The third kappa shape index (κ3) is 3.10. The highest BCUT2D eigenvalue weighted by Gasteiger charge is 2.15. The standard InChI is InChI=1S/C13H19N3OS/c1-15-13(17)9-4-5-12(11(14)7-9)16-8-10-3-2-6-18-10/h4-5,7,10,16H,2-3,6,8,14H2,1H3,(H,15,17). The quantitative estimate of drug-likeness (QED) is 0.728. The predicted octanol–water partition coefficient (Wildman–Crippen LogP) is 1.94.